The highest BCUT2D eigenvalue weighted by atomic mass is 14.4. The van der Waals surface area contributed by atoms with Crippen molar-refractivity contribution in [2.45, 2.75) is 124 Å². The largest absolute Gasteiger partial charge is 0.0620 e. The van der Waals surface area contributed by atoms with E-state index in [1.54, 1.807) is 11.1 Å². The van der Waals surface area contributed by atoms with Gasteiger partial charge in [0.15, 0.2) is 0 Å². The lowest BCUT2D eigenvalue weighted by Gasteiger charge is -2.39. The van der Waals surface area contributed by atoms with Crippen molar-refractivity contribution in [1.29, 1.82) is 0 Å². The first-order valence-electron chi connectivity index (χ1n) is 12.1. The van der Waals surface area contributed by atoms with Gasteiger partial charge in [-0.1, -0.05) is 126 Å². The molecule has 0 heteroatoms. The maximum atomic E-state index is 2.45. The smallest absolute Gasteiger partial charge is 0.0126 e. The number of hydrogen-bond donors (Lipinski definition) is 0. The van der Waals surface area contributed by atoms with Gasteiger partial charge >= 0.3 is 0 Å². The summed E-state index contributed by atoms with van der Waals surface area (Å²) in [5.41, 5.74) is 9.58. The summed E-state index contributed by atoms with van der Waals surface area (Å²) >= 11 is 0. The SMILES string of the molecule is CC(Cc1ccccc1C(C)(C)C)c1ccc(C(C)(C)C)c(C(C)(C)C)c1C(C)(C)C. The summed E-state index contributed by atoms with van der Waals surface area (Å²) in [5.74, 6) is 0.466. The molecule has 0 radical (unpaired) electrons. The molecule has 0 saturated carbocycles. The van der Waals surface area contributed by atoms with E-state index in [0.29, 0.717) is 5.92 Å². The standard InChI is InChI=1S/C31H48/c1-21(20-22-16-14-15-17-24(22)28(2,3)4)23-18-19-25(29(5,6)7)27(31(11,12)13)26(23)30(8,9)10/h14-19,21H,20H2,1-13H3. The highest BCUT2D eigenvalue weighted by molar-refractivity contribution is 5.52. The zero-order chi connectivity index (χ0) is 24.0. The summed E-state index contributed by atoms with van der Waals surface area (Å²) < 4.78 is 0. The van der Waals surface area contributed by atoms with Crippen molar-refractivity contribution in [3.63, 3.8) is 0 Å². The van der Waals surface area contributed by atoms with Crippen molar-refractivity contribution in [2.75, 3.05) is 0 Å². The molecule has 172 valence electrons. The van der Waals surface area contributed by atoms with Gasteiger partial charge in [0.05, 0.1) is 0 Å². The molecule has 0 fully saturated rings. The average Bonchev–Trinajstić information content (AvgIpc) is 2.57. The Kier molecular flexibility index (Phi) is 6.98. The van der Waals surface area contributed by atoms with E-state index in [9.17, 15) is 0 Å². The molecule has 1 unspecified atom stereocenters. The molecule has 2 aromatic carbocycles. The Morgan fingerprint density at radius 3 is 1.48 bits per heavy atom. The number of hydrogen-bond acceptors (Lipinski definition) is 0. The second-order valence-electron chi connectivity index (χ2n) is 13.7. The van der Waals surface area contributed by atoms with Crippen LogP contribution in [0.15, 0.2) is 36.4 Å². The average molecular weight is 421 g/mol. The summed E-state index contributed by atoms with van der Waals surface area (Å²) in [6, 6.07) is 13.9. The van der Waals surface area contributed by atoms with Gasteiger partial charge in [0.1, 0.15) is 0 Å². The first-order chi connectivity index (χ1) is 13.8. The van der Waals surface area contributed by atoms with Gasteiger partial charge in [-0.25, -0.2) is 0 Å². The maximum Gasteiger partial charge on any atom is -0.0126 e. The van der Waals surface area contributed by atoms with Crippen LogP contribution in [0.2, 0.25) is 0 Å². The Balaban J connectivity index is 2.73. The van der Waals surface area contributed by atoms with Gasteiger partial charge in [-0.05, 0) is 67.4 Å². The van der Waals surface area contributed by atoms with Crippen LogP contribution in [-0.2, 0) is 28.1 Å². The Morgan fingerprint density at radius 2 is 1.03 bits per heavy atom. The van der Waals surface area contributed by atoms with E-state index in [1.807, 2.05) is 0 Å². The lowest BCUT2D eigenvalue weighted by molar-refractivity contribution is 0.490. The van der Waals surface area contributed by atoms with E-state index in [1.165, 1.54) is 22.3 Å². The topological polar surface area (TPSA) is 0 Å². The van der Waals surface area contributed by atoms with Crippen LogP contribution in [0.5, 0.6) is 0 Å². The summed E-state index contributed by atoms with van der Waals surface area (Å²) in [4.78, 5) is 0. The molecule has 0 aliphatic carbocycles. The highest BCUT2D eigenvalue weighted by Crippen LogP contribution is 2.44. The van der Waals surface area contributed by atoms with E-state index < -0.39 is 0 Å². The molecule has 2 rings (SSSR count). The van der Waals surface area contributed by atoms with Gasteiger partial charge in [0.2, 0.25) is 0 Å². The Bertz CT molecular complexity index is 899. The predicted molar refractivity (Wildman–Crippen MR) is 140 cm³/mol. The fourth-order valence-corrected chi connectivity index (χ4v) is 5.11. The Morgan fingerprint density at radius 1 is 0.548 bits per heavy atom. The van der Waals surface area contributed by atoms with Gasteiger partial charge in [-0.2, -0.15) is 0 Å². The minimum Gasteiger partial charge on any atom is -0.0620 e. The quantitative estimate of drug-likeness (QED) is 0.464. The Hall–Kier alpha value is -1.56. The molecular formula is C31H48. The van der Waals surface area contributed by atoms with Crippen LogP contribution in [0, 0.1) is 0 Å². The van der Waals surface area contributed by atoms with E-state index in [4.69, 9.17) is 0 Å². The molecule has 0 aliphatic heterocycles. The van der Waals surface area contributed by atoms with E-state index in [-0.39, 0.29) is 21.7 Å². The van der Waals surface area contributed by atoms with E-state index in [2.05, 4.69) is 126 Å². The highest BCUT2D eigenvalue weighted by Gasteiger charge is 2.34. The summed E-state index contributed by atoms with van der Waals surface area (Å²) in [6.45, 7) is 30.8. The van der Waals surface area contributed by atoms with Crippen molar-refractivity contribution in [3.05, 3.63) is 69.8 Å². The third-order valence-corrected chi connectivity index (χ3v) is 6.43. The van der Waals surface area contributed by atoms with Crippen molar-refractivity contribution >= 4 is 0 Å². The molecule has 0 spiro atoms. The van der Waals surface area contributed by atoms with Crippen LogP contribution in [-0.4, -0.2) is 0 Å². The molecule has 0 aromatic heterocycles. The van der Waals surface area contributed by atoms with Gasteiger partial charge < -0.3 is 0 Å². The van der Waals surface area contributed by atoms with Crippen LogP contribution < -0.4 is 0 Å². The molecule has 0 amide bonds. The van der Waals surface area contributed by atoms with Gasteiger partial charge in [0.25, 0.3) is 0 Å². The molecule has 0 saturated heterocycles. The Labute approximate surface area is 193 Å². The van der Waals surface area contributed by atoms with Crippen LogP contribution in [0.4, 0.5) is 0 Å². The third-order valence-electron chi connectivity index (χ3n) is 6.43. The maximum absolute atomic E-state index is 2.45. The first kappa shape index (κ1) is 25.7. The lowest BCUT2D eigenvalue weighted by atomic mass is 9.66. The molecule has 0 bridgehead atoms. The van der Waals surface area contributed by atoms with Crippen LogP contribution >= 0.6 is 0 Å². The monoisotopic (exact) mass is 420 g/mol. The van der Waals surface area contributed by atoms with Crippen molar-refractivity contribution in [1.82, 2.24) is 0 Å². The summed E-state index contributed by atoms with van der Waals surface area (Å²) in [5, 5.41) is 0. The van der Waals surface area contributed by atoms with Crippen LogP contribution in [0.25, 0.3) is 0 Å². The minimum absolute atomic E-state index is 0.0943. The fourth-order valence-electron chi connectivity index (χ4n) is 5.11. The van der Waals surface area contributed by atoms with Crippen molar-refractivity contribution in [2.24, 2.45) is 0 Å². The third kappa shape index (κ3) is 5.82. The minimum atomic E-state index is 0.0943. The molecule has 0 N–H and O–H groups in total. The first-order valence-corrected chi connectivity index (χ1v) is 12.1. The van der Waals surface area contributed by atoms with Gasteiger partial charge in [0, 0.05) is 0 Å². The van der Waals surface area contributed by atoms with Crippen LogP contribution in [0.1, 0.15) is 129 Å². The molecule has 1 atom stereocenters. The normalized spacial score (nSPS) is 14.6. The zero-order valence-corrected chi connectivity index (χ0v) is 22.7. The summed E-state index contributed by atoms with van der Waals surface area (Å²) in [7, 11) is 0. The molecule has 0 aliphatic rings. The molecule has 2 aromatic rings. The fraction of sp³-hybridized carbons (Fsp3) is 0.613. The van der Waals surface area contributed by atoms with Crippen molar-refractivity contribution in [3.8, 4) is 0 Å². The molecule has 0 heterocycles. The van der Waals surface area contributed by atoms with E-state index in [0.717, 1.165) is 6.42 Å². The lowest BCUT2D eigenvalue weighted by Crippen LogP contribution is -2.30. The second kappa shape index (κ2) is 8.42. The molecule has 31 heavy (non-hydrogen) atoms. The predicted octanol–water partition coefficient (Wildman–Crippen LogP) is 9.22. The zero-order valence-electron chi connectivity index (χ0n) is 22.7. The second-order valence-corrected chi connectivity index (χ2v) is 13.7. The number of rotatable bonds is 3. The summed E-state index contributed by atoms with van der Waals surface area (Å²) in [6.07, 6.45) is 1.08. The van der Waals surface area contributed by atoms with Crippen LogP contribution in [0.3, 0.4) is 0 Å². The van der Waals surface area contributed by atoms with Gasteiger partial charge in [-0.15, -0.1) is 0 Å². The molecular weight excluding hydrogens is 372 g/mol. The molecule has 0 nitrogen and oxygen atoms in total. The van der Waals surface area contributed by atoms with E-state index >= 15 is 0 Å². The number of benzene rings is 2. The van der Waals surface area contributed by atoms with Crippen molar-refractivity contribution < 1.29 is 0 Å². The van der Waals surface area contributed by atoms with Gasteiger partial charge in [-0.3, -0.25) is 0 Å².